The minimum atomic E-state index is -0.0715. The van der Waals surface area contributed by atoms with Gasteiger partial charge in [0.25, 0.3) is 5.91 Å². The van der Waals surface area contributed by atoms with Crippen LogP contribution in [0.15, 0.2) is 18.2 Å². The third-order valence-electron chi connectivity index (χ3n) is 3.05. The van der Waals surface area contributed by atoms with Gasteiger partial charge in [0.15, 0.2) is 0 Å². The molecular formula is C15H17ClN2OS. The van der Waals surface area contributed by atoms with Gasteiger partial charge in [0, 0.05) is 22.9 Å². The Bertz CT molecular complexity index is 545. The largest absolute Gasteiger partial charge is 0.348 e. The van der Waals surface area contributed by atoms with Crippen molar-refractivity contribution in [3.8, 4) is 11.8 Å². The zero-order valence-electron chi connectivity index (χ0n) is 11.1. The van der Waals surface area contributed by atoms with Crippen LogP contribution >= 0.6 is 23.4 Å². The van der Waals surface area contributed by atoms with Crippen LogP contribution in [0.2, 0.25) is 5.02 Å². The van der Waals surface area contributed by atoms with E-state index in [1.54, 1.807) is 18.2 Å². The maximum atomic E-state index is 12.2. The Labute approximate surface area is 128 Å². The molecule has 1 aliphatic rings. The quantitative estimate of drug-likeness (QED) is 0.824. The predicted molar refractivity (Wildman–Crippen MR) is 85.2 cm³/mol. The molecule has 1 atom stereocenters. The number of amides is 1. The van der Waals surface area contributed by atoms with Crippen LogP contribution in [0.25, 0.3) is 0 Å². The van der Waals surface area contributed by atoms with Crippen LogP contribution < -0.4 is 11.1 Å². The van der Waals surface area contributed by atoms with Crippen molar-refractivity contribution in [3.63, 3.8) is 0 Å². The fraction of sp³-hybridized carbons (Fsp3) is 0.400. The summed E-state index contributed by atoms with van der Waals surface area (Å²) in [6.07, 6.45) is 2.20. The normalized spacial score (nSPS) is 18.0. The minimum absolute atomic E-state index is 0.0715. The number of carbonyl (C=O) groups excluding carboxylic acids is 1. The SMILES string of the molecule is NCC#Cc1ccc(C(=O)NC2CCCSC2)cc1Cl. The molecule has 20 heavy (non-hydrogen) atoms. The van der Waals surface area contributed by atoms with Crippen LogP contribution in [-0.4, -0.2) is 30.0 Å². The molecule has 1 aromatic carbocycles. The average molecular weight is 309 g/mol. The van der Waals surface area contributed by atoms with Gasteiger partial charge in [0.2, 0.25) is 0 Å². The van der Waals surface area contributed by atoms with E-state index in [9.17, 15) is 4.79 Å². The van der Waals surface area contributed by atoms with Crippen LogP contribution in [0.3, 0.4) is 0 Å². The van der Waals surface area contributed by atoms with E-state index in [1.807, 2.05) is 11.8 Å². The highest BCUT2D eigenvalue weighted by Gasteiger charge is 2.17. The Morgan fingerprint density at radius 3 is 3.05 bits per heavy atom. The molecule has 1 aliphatic heterocycles. The van der Waals surface area contributed by atoms with Gasteiger partial charge in [-0.25, -0.2) is 0 Å². The molecule has 1 fully saturated rings. The van der Waals surface area contributed by atoms with Gasteiger partial charge in [-0.15, -0.1) is 0 Å². The lowest BCUT2D eigenvalue weighted by Gasteiger charge is -2.22. The van der Waals surface area contributed by atoms with E-state index in [0.29, 0.717) is 16.1 Å². The van der Waals surface area contributed by atoms with Crippen LogP contribution in [0.1, 0.15) is 28.8 Å². The first kappa shape index (κ1) is 15.2. The highest BCUT2D eigenvalue weighted by molar-refractivity contribution is 7.99. The van der Waals surface area contributed by atoms with Gasteiger partial charge in [-0.1, -0.05) is 23.4 Å². The average Bonchev–Trinajstić information content (AvgIpc) is 2.47. The van der Waals surface area contributed by atoms with Gasteiger partial charge in [0.05, 0.1) is 11.6 Å². The Hall–Kier alpha value is -1.15. The molecule has 0 aliphatic carbocycles. The Kier molecular flexibility index (Phi) is 5.78. The number of carbonyl (C=O) groups is 1. The Morgan fingerprint density at radius 1 is 1.55 bits per heavy atom. The maximum Gasteiger partial charge on any atom is 0.251 e. The second-order valence-corrected chi connectivity index (χ2v) is 6.15. The summed E-state index contributed by atoms with van der Waals surface area (Å²) in [6, 6.07) is 5.43. The number of hydrogen-bond acceptors (Lipinski definition) is 3. The monoisotopic (exact) mass is 308 g/mol. The molecule has 0 spiro atoms. The Morgan fingerprint density at radius 2 is 2.40 bits per heavy atom. The fourth-order valence-corrected chi connectivity index (χ4v) is 3.33. The van der Waals surface area contributed by atoms with Crippen LogP contribution in [0.5, 0.6) is 0 Å². The van der Waals surface area contributed by atoms with Crippen LogP contribution in [0.4, 0.5) is 0 Å². The van der Waals surface area contributed by atoms with Crippen molar-refractivity contribution in [3.05, 3.63) is 34.3 Å². The molecule has 0 saturated carbocycles. The van der Waals surface area contributed by atoms with Gasteiger partial charge in [0.1, 0.15) is 0 Å². The molecule has 1 unspecified atom stereocenters. The van der Waals surface area contributed by atoms with Crippen LogP contribution in [-0.2, 0) is 0 Å². The van der Waals surface area contributed by atoms with Gasteiger partial charge >= 0.3 is 0 Å². The van der Waals surface area contributed by atoms with E-state index in [1.165, 1.54) is 5.75 Å². The zero-order chi connectivity index (χ0) is 14.4. The molecule has 0 aromatic heterocycles. The van der Waals surface area contributed by atoms with Crippen molar-refractivity contribution in [2.24, 2.45) is 5.73 Å². The van der Waals surface area contributed by atoms with E-state index in [4.69, 9.17) is 17.3 Å². The lowest BCUT2D eigenvalue weighted by atomic mass is 10.1. The molecule has 1 heterocycles. The van der Waals surface area contributed by atoms with Crippen molar-refractivity contribution in [1.29, 1.82) is 0 Å². The van der Waals surface area contributed by atoms with Crippen LogP contribution in [0, 0.1) is 11.8 Å². The third-order valence-corrected chi connectivity index (χ3v) is 4.58. The molecule has 3 nitrogen and oxygen atoms in total. The summed E-state index contributed by atoms with van der Waals surface area (Å²) < 4.78 is 0. The summed E-state index contributed by atoms with van der Waals surface area (Å²) in [5.74, 6) is 7.73. The van der Waals surface area contributed by atoms with Crippen molar-refractivity contribution in [2.45, 2.75) is 18.9 Å². The van der Waals surface area contributed by atoms with Crippen molar-refractivity contribution in [1.82, 2.24) is 5.32 Å². The topological polar surface area (TPSA) is 55.1 Å². The van der Waals surface area contributed by atoms with E-state index >= 15 is 0 Å². The summed E-state index contributed by atoms with van der Waals surface area (Å²) in [5, 5.41) is 3.53. The number of nitrogens with two attached hydrogens (primary N) is 1. The molecule has 1 aromatic rings. The van der Waals surface area contributed by atoms with Crippen molar-refractivity contribution >= 4 is 29.3 Å². The lowest BCUT2D eigenvalue weighted by Crippen LogP contribution is -2.38. The van der Waals surface area contributed by atoms with E-state index < -0.39 is 0 Å². The van der Waals surface area contributed by atoms with Crippen molar-refractivity contribution < 1.29 is 4.79 Å². The molecule has 1 saturated heterocycles. The second-order valence-electron chi connectivity index (χ2n) is 4.59. The first-order valence-electron chi connectivity index (χ1n) is 6.58. The van der Waals surface area contributed by atoms with Gasteiger partial charge < -0.3 is 11.1 Å². The highest BCUT2D eigenvalue weighted by atomic mass is 35.5. The van der Waals surface area contributed by atoms with Gasteiger partial charge in [-0.05, 0) is 36.8 Å². The smallest absolute Gasteiger partial charge is 0.251 e. The van der Waals surface area contributed by atoms with E-state index in [-0.39, 0.29) is 18.5 Å². The third kappa shape index (κ3) is 4.17. The van der Waals surface area contributed by atoms with Gasteiger partial charge in [-0.2, -0.15) is 11.8 Å². The molecule has 3 N–H and O–H groups in total. The molecule has 2 rings (SSSR count). The number of halogens is 1. The summed E-state index contributed by atoms with van der Waals surface area (Å²) in [6.45, 7) is 0.290. The molecule has 5 heteroatoms. The van der Waals surface area contributed by atoms with E-state index in [2.05, 4.69) is 17.2 Å². The molecule has 106 valence electrons. The van der Waals surface area contributed by atoms with Gasteiger partial charge in [-0.3, -0.25) is 4.79 Å². The summed E-state index contributed by atoms with van der Waals surface area (Å²) in [5.41, 5.74) is 6.60. The summed E-state index contributed by atoms with van der Waals surface area (Å²) >= 11 is 8.01. The standard InChI is InChI=1S/C15H17ClN2OS/c16-14-9-12(6-5-11(14)3-1-7-17)15(19)18-13-4-2-8-20-10-13/h5-6,9,13H,2,4,7-8,10,17H2,(H,18,19). The zero-order valence-corrected chi connectivity index (χ0v) is 12.7. The number of benzene rings is 1. The number of nitrogens with one attached hydrogen (secondary N) is 1. The first-order valence-corrected chi connectivity index (χ1v) is 8.11. The maximum absolute atomic E-state index is 12.2. The number of hydrogen-bond donors (Lipinski definition) is 2. The summed E-state index contributed by atoms with van der Waals surface area (Å²) in [4.78, 5) is 12.2. The summed E-state index contributed by atoms with van der Waals surface area (Å²) in [7, 11) is 0. The number of rotatable bonds is 2. The van der Waals surface area contributed by atoms with E-state index in [0.717, 1.165) is 18.6 Å². The van der Waals surface area contributed by atoms with Crippen molar-refractivity contribution in [2.75, 3.05) is 18.1 Å². The predicted octanol–water partition coefficient (Wildman–Crippen LogP) is 2.28. The highest BCUT2D eigenvalue weighted by Crippen LogP contribution is 2.19. The first-order chi connectivity index (χ1) is 9.70. The molecule has 0 radical (unpaired) electrons. The lowest BCUT2D eigenvalue weighted by molar-refractivity contribution is 0.0938. The minimum Gasteiger partial charge on any atom is -0.348 e. The number of thioether (sulfide) groups is 1. The second kappa shape index (κ2) is 7.58. The molecule has 0 bridgehead atoms. The molecular weight excluding hydrogens is 292 g/mol. The Balaban J connectivity index is 2.04. The molecule has 1 amide bonds. The fourth-order valence-electron chi connectivity index (χ4n) is 2.03.